The fraction of sp³-hybridized carbons (Fsp3) is 0.480. The zero-order valence-corrected chi connectivity index (χ0v) is 19.4. The number of hydrogen-bond acceptors (Lipinski definition) is 3. The van der Waals surface area contributed by atoms with E-state index in [0.717, 1.165) is 30.8 Å². The number of anilines is 1. The van der Waals surface area contributed by atoms with Gasteiger partial charge in [0.2, 0.25) is 5.91 Å². The normalized spacial score (nSPS) is 19.5. The van der Waals surface area contributed by atoms with Crippen LogP contribution in [-0.4, -0.2) is 66.9 Å². The molecule has 0 aliphatic carbocycles. The van der Waals surface area contributed by atoms with Gasteiger partial charge in [0.25, 0.3) is 0 Å². The zero-order chi connectivity index (χ0) is 22.2. The van der Waals surface area contributed by atoms with Crippen LogP contribution in [0, 0.1) is 0 Å². The molecular formula is C25H38N4O2+2. The molecule has 6 heteroatoms. The van der Waals surface area contributed by atoms with E-state index in [1.807, 2.05) is 24.3 Å². The lowest BCUT2D eigenvalue weighted by Crippen LogP contribution is -3.27. The first-order chi connectivity index (χ1) is 15.0. The molecule has 6 nitrogen and oxygen atoms in total. The minimum atomic E-state index is 0.116. The number of rotatable bonds is 9. The van der Waals surface area contributed by atoms with Gasteiger partial charge in [0, 0.05) is 31.8 Å². The number of amides is 1. The second kappa shape index (κ2) is 11.2. The first kappa shape index (κ1) is 23.1. The van der Waals surface area contributed by atoms with Crippen molar-refractivity contribution in [2.75, 3.05) is 65.9 Å². The van der Waals surface area contributed by atoms with Crippen LogP contribution in [-0.2, 0) is 11.2 Å². The molecule has 0 radical (unpaired) electrons. The van der Waals surface area contributed by atoms with Crippen molar-refractivity contribution in [2.45, 2.75) is 18.9 Å². The molecule has 1 fully saturated rings. The number of likely N-dealkylation sites (N-methyl/N-ethyl adjacent to an activating group) is 1. The summed E-state index contributed by atoms with van der Waals surface area (Å²) in [5, 5.41) is 3.22. The Morgan fingerprint density at radius 1 is 1.03 bits per heavy atom. The van der Waals surface area contributed by atoms with Crippen molar-refractivity contribution < 1.29 is 19.3 Å². The fourth-order valence-electron chi connectivity index (χ4n) is 4.20. The maximum atomic E-state index is 12.6. The van der Waals surface area contributed by atoms with Crippen LogP contribution < -0.4 is 24.8 Å². The van der Waals surface area contributed by atoms with Crippen LogP contribution in [0.25, 0.3) is 0 Å². The predicted octanol–water partition coefficient (Wildman–Crippen LogP) is -0.0355. The molecule has 1 aliphatic rings. The Bertz CT molecular complexity index is 812. The van der Waals surface area contributed by atoms with E-state index >= 15 is 0 Å². The van der Waals surface area contributed by atoms with Gasteiger partial charge in [-0.3, -0.25) is 4.79 Å². The second-order valence-electron chi connectivity index (χ2n) is 8.81. The molecule has 0 unspecified atom stereocenters. The standard InChI is InChI=1S/C25H36N4O2/c1-27(2)22-10-8-21(9-11-22)24(29-17-15-28(3)16-18-29)19-26-25(30)14-7-20-5-12-23(31-4)13-6-20/h5-6,8-13,24H,7,14-19H2,1-4H3,(H,26,30)/p+2/t24-/m1/s1. The van der Waals surface area contributed by atoms with Gasteiger partial charge in [0.1, 0.15) is 38.0 Å². The maximum Gasteiger partial charge on any atom is 0.220 e. The molecule has 1 saturated heterocycles. The first-order valence-corrected chi connectivity index (χ1v) is 11.3. The summed E-state index contributed by atoms with van der Waals surface area (Å²) in [7, 11) is 8.04. The van der Waals surface area contributed by atoms with Crippen LogP contribution >= 0.6 is 0 Å². The molecule has 0 bridgehead atoms. The Hall–Kier alpha value is -2.57. The first-order valence-electron chi connectivity index (χ1n) is 11.3. The molecule has 168 valence electrons. The fourth-order valence-corrected chi connectivity index (χ4v) is 4.20. The highest BCUT2D eigenvalue weighted by Crippen LogP contribution is 2.17. The van der Waals surface area contributed by atoms with Crippen molar-refractivity contribution in [2.24, 2.45) is 0 Å². The number of nitrogens with one attached hydrogen (secondary N) is 3. The summed E-state index contributed by atoms with van der Waals surface area (Å²) < 4.78 is 5.20. The summed E-state index contributed by atoms with van der Waals surface area (Å²) in [6.45, 7) is 5.29. The third kappa shape index (κ3) is 6.71. The summed E-state index contributed by atoms with van der Waals surface area (Å²) in [4.78, 5) is 17.9. The van der Waals surface area contributed by atoms with Gasteiger partial charge in [-0.05, 0) is 36.2 Å². The molecule has 1 heterocycles. The predicted molar refractivity (Wildman–Crippen MR) is 125 cm³/mol. The van der Waals surface area contributed by atoms with Crippen molar-refractivity contribution in [1.29, 1.82) is 0 Å². The van der Waals surface area contributed by atoms with Gasteiger partial charge >= 0.3 is 0 Å². The van der Waals surface area contributed by atoms with E-state index in [4.69, 9.17) is 4.74 Å². The van der Waals surface area contributed by atoms with E-state index < -0.39 is 0 Å². The lowest BCUT2D eigenvalue weighted by Gasteiger charge is -2.33. The minimum absolute atomic E-state index is 0.116. The minimum Gasteiger partial charge on any atom is -0.497 e. The highest BCUT2D eigenvalue weighted by molar-refractivity contribution is 5.76. The number of benzene rings is 2. The summed E-state index contributed by atoms with van der Waals surface area (Å²) in [6.07, 6.45) is 1.24. The van der Waals surface area contributed by atoms with E-state index in [0.29, 0.717) is 13.0 Å². The third-order valence-electron chi connectivity index (χ3n) is 6.35. The van der Waals surface area contributed by atoms with E-state index in [9.17, 15) is 4.79 Å². The lowest BCUT2D eigenvalue weighted by molar-refractivity contribution is -1.02. The molecule has 1 amide bonds. The largest absolute Gasteiger partial charge is 0.497 e. The molecule has 2 aromatic rings. The van der Waals surface area contributed by atoms with Gasteiger partial charge in [-0.2, -0.15) is 0 Å². The van der Waals surface area contributed by atoms with Crippen LogP contribution in [0.15, 0.2) is 48.5 Å². The molecule has 3 N–H and O–H groups in total. The molecule has 0 saturated carbocycles. The summed E-state index contributed by atoms with van der Waals surface area (Å²) in [5.41, 5.74) is 3.65. The Kier molecular flexibility index (Phi) is 8.32. The molecule has 1 aliphatic heterocycles. The Labute approximate surface area is 186 Å². The van der Waals surface area contributed by atoms with Crippen LogP contribution in [0.2, 0.25) is 0 Å². The van der Waals surface area contributed by atoms with Crippen molar-refractivity contribution >= 4 is 11.6 Å². The smallest absolute Gasteiger partial charge is 0.220 e. The zero-order valence-electron chi connectivity index (χ0n) is 19.4. The van der Waals surface area contributed by atoms with Gasteiger partial charge in [-0.15, -0.1) is 0 Å². The number of carbonyl (C=O) groups is 1. The van der Waals surface area contributed by atoms with Gasteiger partial charge < -0.3 is 24.8 Å². The second-order valence-corrected chi connectivity index (χ2v) is 8.81. The molecular weight excluding hydrogens is 388 g/mol. The topological polar surface area (TPSA) is 50.4 Å². The monoisotopic (exact) mass is 426 g/mol. The molecule has 3 rings (SSSR count). The molecule has 0 aromatic heterocycles. The van der Waals surface area contributed by atoms with E-state index in [1.165, 1.54) is 24.3 Å². The highest BCUT2D eigenvalue weighted by Gasteiger charge is 2.29. The van der Waals surface area contributed by atoms with Gasteiger partial charge in [-0.25, -0.2) is 0 Å². The summed E-state index contributed by atoms with van der Waals surface area (Å²) in [5.74, 6) is 0.957. The molecule has 31 heavy (non-hydrogen) atoms. The SMILES string of the molecule is COc1ccc(CCC(=O)NC[C@H](c2ccc(N(C)C)cc2)[NH+]2CC[NH+](C)CC2)cc1. The summed E-state index contributed by atoms with van der Waals surface area (Å²) >= 11 is 0. The average Bonchev–Trinajstić information content (AvgIpc) is 2.79. The number of carbonyl (C=O) groups excluding carboxylic acids is 1. The van der Waals surface area contributed by atoms with E-state index in [1.54, 1.807) is 16.9 Å². The number of methoxy groups -OCH3 is 1. The van der Waals surface area contributed by atoms with E-state index in [2.05, 4.69) is 55.6 Å². The lowest BCUT2D eigenvalue weighted by atomic mass is 10.0. The quantitative estimate of drug-likeness (QED) is 0.528. The number of quaternary nitrogens is 2. The number of hydrogen-bond donors (Lipinski definition) is 3. The maximum absolute atomic E-state index is 12.6. The van der Waals surface area contributed by atoms with Crippen molar-refractivity contribution in [3.63, 3.8) is 0 Å². The number of ether oxygens (including phenoxy) is 1. The van der Waals surface area contributed by atoms with Gasteiger partial charge in [-0.1, -0.05) is 24.3 Å². The Balaban J connectivity index is 1.60. The Morgan fingerprint density at radius 3 is 2.26 bits per heavy atom. The van der Waals surface area contributed by atoms with Gasteiger partial charge in [0.05, 0.1) is 20.7 Å². The number of nitrogens with zero attached hydrogens (tertiary/aromatic N) is 1. The van der Waals surface area contributed by atoms with Crippen LogP contribution in [0.3, 0.4) is 0 Å². The molecule has 2 aromatic carbocycles. The van der Waals surface area contributed by atoms with Crippen molar-refractivity contribution in [1.82, 2.24) is 5.32 Å². The molecule has 1 atom stereocenters. The van der Waals surface area contributed by atoms with Crippen molar-refractivity contribution in [3.05, 3.63) is 59.7 Å². The van der Waals surface area contributed by atoms with Crippen molar-refractivity contribution in [3.8, 4) is 5.75 Å². The number of piperazine rings is 1. The van der Waals surface area contributed by atoms with Crippen LogP contribution in [0.5, 0.6) is 5.75 Å². The van der Waals surface area contributed by atoms with Crippen LogP contribution in [0.1, 0.15) is 23.6 Å². The third-order valence-corrected chi connectivity index (χ3v) is 6.35. The van der Waals surface area contributed by atoms with Crippen LogP contribution in [0.4, 0.5) is 5.69 Å². The molecule has 0 spiro atoms. The summed E-state index contributed by atoms with van der Waals surface area (Å²) in [6, 6.07) is 17.0. The average molecular weight is 427 g/mol. The Morgan fingerprint density at radius 2 is 1.68 bits per heavy atom. The van der Waals surface area contributed by atoms with Gasteiger partial charge in [0.15, 0.2) is 0 Å². The highest BCUT2D eigenvalue weighted by atomic mass is 16.5. The number of aryl methyl sites for hydroxylation is 1. The van der Waals surface area contributed by atoms with E-state index in [-0.39, 0.29) is 11.9 Å².